The van der Waals surface area contributed by atoms with Gasteiger partial charge in [-0.15, -0.1) is 0 Å². The maximum atomic E-state index is 12.6. The molecule has 0 saturated carbocycles. The van der Waals surface area contributed by atoms with Gasteiger partial charge in [-0.3, -0.25) is 4.55 Å². The molecule has 0 radical (unpaired) electrons. The Kier molecular flexibility index (Phi) is 4.36. The molecule has 5 nitrogen and oxygen atoms in total. The van der Waals surface area contributed by atoms with Gasteiger partial charge in [0.15, 0.2) is 0 Å². The van der Waals surface area contributed by atoms with Gasteiger partial charge in [0, 0.05) is 5.02 Å². The van der Waals surface area contributed by atoms with Gasteiger partial charge in [-0.1, -0.05) is 17.7 Å². The van der Waals surface area contributed by atoms with Crippen LogP contribution in [-0.2, 0) is 20.0 Å². The summed E-state index contributed by atoms with van der Waals surface area (Å²) in [5.74, 6) is 0. The summed E-state index contributed by atoms with van der Waals surface area (Å²) in [6, 6.07) is 7.79. The summed E-state index contributed by atoms with van der Waals surface area (Å²) in [6.07, 6.45) is 0. The summed E-state index contributed by atoms with van der Waals surface area (Å²) >= 11 is 5.88. The number of aryl methyl sites for hydroxylation is 2. The minimum Gasteiger partial charge on any atom is -0.282 e. The topological polar surface area (TPSA) is 88.5 Å². The van der Waals surface area contributed by atoms with E-state index >= 15 is 0 Å². The molecule has 0 fully saturated rings. The fraction of sp³-hybridized carbons (Fsp3) is 0.143. The van der Waals surface area contributed by atoms with Gasteiger partial charge in [-0.2, -0.15) is 8.42 Å². The average molecular weight is 361 g/mol. The minimum atomic E-state index is -4.50. The van der Waals surface area contributed by atoms with Crippen LogP contribution in [0.25, 0.3) is 0 Å². The zero-order valence-corrected chi connectivity index (χ0v) is 14.1. The van der Waals surface area contributed by atoms with E-state index < -0.39 is 24.9 Å². The Morgan fingerprint density at radius 1 is 0.864 bits per heavy atom. The Morgan fingerprint density at radius 3 is 1.95 bits per heavy atom. The predicted molar refractivity (Wildman–Crippen MR) is 82.6 cm³/mol. The third kappa shape index (κ3) is 3.17. The number of hydrogen-bond donors (Lipinski definition) is 1. The monoisotopic (exact) mass is 360 g/mol. The van der Waals surface area contributed by atoms with Crippen molar-refractivity contribution < 1.29 is 21.4 Å². The first-order valence-corrected chi connectivity index (χ1v) is 9.43. The molecule has 0 atom stereocenters. The summed E-state index contributed by atoms with van der Waals surface area (Å²) in [7, 11) is -8.41. The van der Waals surface area contributed by atoms with E-state index in [1.807, 2.05) is 0 Å². The van der Waals surface area contributed by atoms with Crippen molar-refractivity contribution in [2.75, 3.05) is 0 Å². The van der Waals surface area contributed by atoms with Crippen molar-refractivity contribution in [1.29, 1.82) is 0 Å². The first-order chi connectivity index (χ1) is 10.0. The molecular formula is C14H13ClO5S2. The molecule has 0 amide bonds. The van der Waals surface area contributed by atoms with Crippen molar-refractivity contribution in [2.45, 2.75) is 28.5 Å². The Balaban J connectivity index is 2.67. The summed E-state index contributed by atoms with van der Waals surface area (Å²) in [4.78, 5) is -0.647. The Labute approximate surface area is 134 Å². The average Bonchev–Trinajstić information content (AvgIpc) is 2.40. The number of benzene rings is 2. The van der Waals surface area contributed by atoms with Crippen LogP contribution in [0, 0.1) is 13.8 Å². The van der Waals surface area contributed by atoms with Crippen LogP contribution in [0.15, 0.2) is 51.1 Å². The van der Waals surface area contributed by atoms with Crippen molar-refractivity contribution in [2.24, 2.45) is 0 Å². The minimum absolute atomic E-state index is 0.000425. The molecule has 0 unspecified atom stereocenters. The maximum Gasteiger partial charge on any atom is 0.294 e. The highest BCUT2D eigenvalue weighted by atomic mass is 35.5. The highest BCUT2D eigenvalue weighted by molar-refractivity contribution is 7.91. The Bertz CT molecular complexity index is 947. The van der Waals surface area contributed by atoms with Gasteiger partial charge >= 0.3 is 0 Å². The fourth-order valence-corrected chi connectivity index (χ4v) is 4.26. The highest BCUT2D eigenvalue weighted by Crippen LogP contribution is 2.27. The fourth-order valence-electron chi connectivity index (χ4n) is 1.95. The molecule has 0 aliphatic heterocycles. The van der Waals surface area contributed by atoms with E-state index in [1.54, 1.807) is 6.92 Å². The van der Waals surface area contributed by atoms with E-state index in [9.17, 15) is 21.4 Å². The number of hydrogen-bond acceptors (Lipinski definition) is 4. The lowest BCUT2D eigenvalue weighted by Crippen LogP contribution is -2.06. The zero-order chi connectivity index (χ0) is 16.7. The van der Waals surface area contributed by atoms with Gasteiger partial charge in [0.05, 0.1) is 14.7 Å². The van der Waals surface area contributed by atoms with Crippen LogP contribution >= 0.6 is 11.6 Å². The van der Waals surface area contributed by atoms with Gasteiger partial charge in [0.25, 0.3) is 10.1 Å². The van der Waals surface area contributed by atoms with Crippen LogP contribution in [0.5, 0.6) is 0 Å². The molecular weight excluding hydrogens is 348 g/mol. The molecule has 0 bridgehead atoms. The summed E-state index contributed by atoms with van der Waals surface area (Å²) in [5, 5.41) is 0.432. The third-order valence-electron chi connectivity index (χ3n) is 3.19. The molecule has 1 N–H and O–H groups in total. The van der Waals surface area contributed by atoms with Gasteiger partial charge in [-0.05, 0) is 55.3 Å². The molecule has 0 aromatic heterocycles. The molecule has 0 aliphatic rings. The standard InChI is InChI=1S/C14H13ClO5S2/c1-9-3-4-12(8-14(9)22(18,19)20)21(16,17)11-5-6-13(15)10(2)7-11/h3-8H,1-2H3,(H,18,19,20). The highest BCUT2D eigenvalue weighted by Gasteiger charge is 2.22. The quantitative estimate of drug-likeness (QED) is 0.850. The van der Waals surface area contributed by atoms with Crippen LogP contribution in [0.3, 0.4) is 0 Å². The summed E-state index contributed by atoms with van der Waals surface area (Å²) in [6.45, 7) is 3.13. The van der Waals surface area contributed by atoms with Crippen LogP contribution in [0.1, 0.15) is 11.1 Å². The van der Waals surface area contributed by atoms with E-state index in [2.05, 4.69) is 0 Å². The second-order valence-electron chi connectivity index (χ2n) is 4.82. The van der Waals surface area contributed by atoms with Crippen molar-refractivity contribution >= 4 is 31.6 Å². The van der Waals surface area contributed by atoms with Gasteiger partial charge in [0.1, 0.15) is 0 Å². The Hall–Kier alpha value is -1.41. The van der Waals surface area contributed by atoms with E-state index in [0.717, 1.165) is 6.07 Å². The van der Waals surface area contributed by atoms with Crippen LogP contribution in [-0.4, -0.2) is 21.4 Å². The van der Waals surface area contributed by atoms with E-state index in [1.165, 1.54) is 37.3 Å². The summed E-state index contributed by atoms with van der Waals surface area (Å²) in [5.41, 5.74) is 0.846. The molecule has 0 heterocycles. The molecule has 0 saturated heterocycles. The molecule has 22 heavy (non-hydrogen) atoms. The Morgan fingerprint density at radius 2 is 1.41 bits per heavy atom. The van der Waals surface area contributed by atoms with Gasteiger partial charge < -0.3 is 0 Å². The van der Waals surface area contributed by atoms with Crippen LogP contribution < -0.4 is 0 Å². The number of rotatable bonds is 3. The second-order valence-corrected chi connectivity index (χ2v) is 8.56. The smallest absolute Gasteiger partial charge is 0.282 e. The molecule has 118 valence electrons. The van der Waals surface area contributed by atoms with Crippen molar-refractivity contribution in [3.63, 3.8) is 0 Å². The van der Waals surface area contributed by atoms with Gasteiger partial charge in [0.2, 0.25) is 9.84 Å². The third-order valence-corrected chi connectivity index (χ3v) is 6.36. The lowest BCUT2D eigenvalue weighted by Gasteiger charge is -2.09. The second kappa shape index (κ2) is 5.66. The van der Waals surface area contributed by atoms with E-state index in [4.69, 9.17) is 11.6 Å². The zero-order valence-electron chi connectivity index (χ0n) is 11.7. The van der Waals surface area contributed by atoms with Crippen LogP contribution in [0.4, 0.5) is 0 Å². The van der Waals surface area contributed by atoms with Crippen LogP contribution in [0.2, 0.25) is 5.02 Å². The van der Waals surface area contributed by atoms with E-state index in [-0.39, 0.29) is 15.4 Å². The lowest BCUT2D eigenvalue weighted by molar-refractivity contribution is 0.482. The van der Waals surface area contributed by atoms with Crippen molar-refractivity contribution in [1.82, 2.24) is 0 Å². The number of sulfone groups is 1. The SMILES string of the molecule is Cc1cc(S(=O)(=O)c2ccc(C)c(S(=O)(=O)O)c2)ccc1Cl. The molecule has 2 aromatic rings. The largest absolute Gasteiger partial charge is 0.294 e. The van der Waals surface area contributed by atoms with Crippen molar-refractivity contribution in [3.05, 3.63) is 52.5 Å². The van der Waals surface area contributed by atoms with Gasteiger partial charge in [-0.25, -0.2) is 8.42 Å². The molecule has 0 spiro atoms. The first kappa shape index (κ1) is 17.0. The van der Waals surface area contributed by atoms with E-state index in [0.29, 0.717) is 10.6 Å². The van der Waals surface area contributed by atoms with Crippen molar-refractivity contribution in [3.8, 4) is 0 Å². The normalized spacial score (nSPS) is 12.4. The molecule has 8 heteroatoms. The molecule has 2 aromatic carbocycles. The summed E-state index contributed by atoms with van der Waals surface area (Å²) < 4.78 is 56.9. The molecule has 2 rings (SSSR count). The number of halogens is 1. The first-order valence-electron chi connectivity index (χ1n) is 6.13. The molecule has 0 aliphatic carbocycles. The maximum absolute atomic E-state index is 12.6. The lowest BCUT2D eigenvalue weighted by atomic mass is 10.2. The predicted octanol–water partition coefficient (Wildman–Crippen LogP) is 3.04.